The van der Waals surface area contributed by atoms with Crippen LogP contribution < -0.4 is 0 Å². The second-order valence-corrected chi connectivity index (χ2v) is 7.78. The van der Waals surface area contributed by atoms with Gasteiger partial charge in [0.05, 0.1) is 15.7 Å². The van der Waals surface area contributed by atoms with Crippen LogP contribution in [0.1, 0.15) is 23.2 Å². The third-order valence-electron chi connectivity index (χ3n) is 4.83. The minimum Gasteiger partial charge on any atom is -0.340 e. The number of hydrogen-bond donors (Lipinski definition) is 0. The van der Waals surface area contributed by atoms with Gasteiger partial charge in [-0.3, -0.25) is 14.4 Å². The van der Waals surface area contributed by atoms with Crippen molar-refractivity contribution < 1.29 is 18.0 Å². The number of halogens is 4. The highest BCUT2D eigenvalue weighted by Gasteiger charge is 2.30. The largest absolute Gasteiger partial charge is 0.416 e. The van der Waals surface area contributed by atoms with E-state index in [1.54, 1.807) is 10.7 Å². The molecule has 1 aliphatic rings. The maximum absolute atomic E-state index is 12.8. The van der Waals surface area contributed by atoms with Gasteiger partial charge in [-0.15, -0.1) is 0 Å². The minimum absolute atomic E-state index is 0.0722. The number of amides is 1. The molecule has 0 atom stereocenters. The smallest absolute Gasteiger partial charge is 0.340 e. The zero-order valence-corrected chi connectivity index (χ0v) is 17.1. The maximum atomic E-state index is 12.8. The molecule has 0 spiro atoms. The van der Waals surface area contributed by atoms with Crippen molar-refractivity contribution in [3.05, 3.63) is 51.8 Å². The molecule has 9 heteroatoms. The van der Waals surface area contributed by atoms with Gasteiger partial charge in [-0.25, -0.2) is 0 Å². The molecule has 0 radical (unpaired) electrons. The molecular formula is C19H22BrF3N4O. The highest BCUT2D eigenvalue weighted by atomic mass is 79.9. The lowest BCUT2D eigenvalue weighted by Gasteiger charge is -2.35. The molecule has 0 N–H and O–H groups in total. The standard InChI is InChI=1S/C19H22BrF3N4O/c1-14-17(20)13-27(24-14)6-5-18(28)26-9-7-25(8-10-26)12-15-3-2-4-16(11-15)19(21,22)23/h2-4,11,13H,5-10,12H2,1H3. The zero-order chi connectivity index (χ0) is 20.3. The predicted octanol–water partition coefficient (Wildman–Crippen LogP) is 3.71. The Morgan fingerprint density at radius 2 is 1.93 bits per heavy atom. The fourth-order valence-corrected chi connectivity index (χ4v) is 3.55. The van der Waals surface area contributed by atoms with Crippen LogP contribution in [0.25, 0.3) is 0 Å². The lowest BCUT2D eigenvalue weighted by molar-refractivity contribution is -0.137. The van der Waals surface area contributed by atoms with Gasteiger partial charge >= 0.3 is 6.18 Å². The first-order valence-electron chi connectivity index (χ1n) is 9.08. The Balaban J connectivity index is 1.47. The summed E-state index contributed by atoms with van der Waals surface area (Å²) in [6.07, 6.45) is -2.10. The van der Waals surface area contributed by atoms with E-state index in [9.17, 15) is 18.0 Å². The number of aryl methyl sites for hydroxylation is 2. The fraction of sp³-hybridized carbons (Fsp3) is 0.474. The van der Waals surface area contributed by atoms with Crippen LogP contribution in [0.15, 0.2) is 34.9 Å². The molecule has 2 heterocycles. The molecule has 1 saturated heterocycles. The van der Waals surface area contributed by atoms with Gasteiger partial charge in [0.2, 0.25) is 5.91 Å². The Kier molecular flexibility index (Phi) is 6.44. The monoisotopic (exact) mass is 458 g/mol. The molecule has 2 aromatic rings. The number of hydrogen-bond acceptors (Lipinski definition) is 3. The average Bonchev–Trinajstić information content (AvgIpc) is 2.98. The number of piperazine rings is 1. The Morgan fingerprint density at radius 3 is 2.54 bits per heavy atom. The molecule has 0 unspecified atom stereocenters. The summed E-state index contributed by atoms with van der Waals surface area (Å²) in [7, 11) is 0. The van der Waals surface area contributed by atoms with Gasteiger partial charge in [0.25, 0.3) is 0 Å². The molecule has 0 bridgehead atoms. The SMILES string of the molecule is Cc1nn(CCC(=O)N2CCN(Cc3cccc(C(F)(F)F)c3)CC2)cc1Br. The van der Waals surface area contributed by atoms with Crippen molar-refractivity contribution in [1.29, 1.82) is 0 Å². The van der Waals surface area contributed by atoms with Crippen molar-refractivity contribution in [2.24, 2.45) is 0 Å². The second kappa shape index (κ2) is 8.65. The van der Waals surface area contributed by atoms with Crippen LogP contribution in [0.3, 0.4) is 0 Å². The number of alkyl halides is 3. The number of benzene rings is 1. The number of carbonyl (C=O) groups excluding carboxylic acids is 1. The van der Waals surface area contributed by atoms with E-state index in [1.165, 1.54) is 12.1 Å². The van der Waals surface area contributed by atoms with Crippen LogP contribution in [0, 0.1) is 6.92 Å². The summed E-state index contributed by atoms with van der Waals surface area (Å²) in [6, 6.07) is 5.42. The summed E-state index contributed by atoms with van der Waals surface area (Å²) < 4.78 is 41.2. The molecule has 1 fully saturated rings. The first-order valence-corrected chi connectivity index (χ1v) is 9.87. The normalized spacial score (nSPS) is 15.8. The van der Waals surface area contributed by atoms with Crippen LogP contribution in [0.2, 0.25) is 0 Å². The van der Waals surface area contributed by atoms with E-state index in [2.05, 4.69) is 25.9 Å². The minimum atomic E-state index is -4.33. The molecule has 5 nitrogen and oxygen atoms in total. The van der Waals surface area contributed by atoms with Crippen molar-refractivity contribution in [1.82, 2.24) is 19.6 Å². The molecule has 0 aliphatic carbocycles. The van der Waals surface area contributed by atoms with E-state index in [0.29, 0.717) is 51.3 Å². The van der Waals surface area contributed by atoms with Gasteiger partial charge in [0.15, 0.2) is 0 Å². The maximum Gasteiger partial charge on any atom is 0.416 e. The van der Waals surface area contributed by atoms with Crippen LogP contribution in [0.5, 0.6) is 0 Å². The van der Waals surface area contributed by atoms with Gasteiger partial charge in [0.1, 0.15) is 0 Å². The van der Waals surface area contributed by atoms with Gasteiger partial charge < -0.3 is 4.90 Å². The molecule has 0 saturated carbocycles. The van der Waals surface area contributed by atoms with Crippen molar-refractivity contribution in [3.8, 4) is 0 Å². The number of carbonyl (C=O) groups is 1. The van der Waals surface area contributed by atoms with Gasteiger partial charge in [-0.05, 0) is 34.5 Å². The van der Waals surface area contributed by atoms with Crippen molar-refractivity contribution in [2.75, 3.05) is 26.2 Å². The van der Waals surface area contributed by atoms with E-state index >= 15 is 0 Å². The quantitative estimate of drug-likeness (QED) is 0.685. The zero-order valence-electron chi connectivity index (χ0n) is 15.5. The van der Waals surface area contributed by atoms with Crippen LogP contribution >= 0.6 is 15.9 Å². The van der Waals surface area contributed by atoms with Gasteiger partial charge in [-0.1, -0.05) is 18.2 Å². The van der Waals surface area contributed by atoms with Crippen LogP contribution in [-0.4, -0.2) is 51.7 Å². The van der Waals surface area contributed by atoms with Crippen molar-refractivity contribution in [3.63, 3.8) is 0 Å². The third-order valence-corrected chi connectivity index (χ3v) is 5.61. The molecule has 152 valence electrons. The molecule has 1 aromatic heterocycles. The third kappa shape index (κ3) is 5.35. The molecule has 28 heavy (non-hydrogen) atoms. The predicted molar refractivity (Wildman–Crippen MR) is 103 cm³/mol. The fourth-order valence-electron chi connectivity index (χ4n) is 3.24. The summed E-state index contributed by atoms with van der Waals surface area (Å²) in [5.74, 6) is 0.0722. The lowest BCUT2D eigenvalue weighted by atomic mass is 10.1. The van der Waals surface area contributed by atoms with E-state index in [0.717, 1.165) is 16.2 Å². The highest BCUT2D eigenvalue weighted by Crippen LogP contribution is 2.29. The second-order valence-electron chi connectivity index (χ2n) is 6.93. The molecular weight excluding hydrogens is 437 g/mol. The summed E-state index contributed by atoms with van der Waals surface area (Å²) in [5.41, 5.74) is 0.893. The van der Waals surface area contributed by atoms with Crippen LogP contribution in [0.4, 0.5) is 13.2 Å². The van der Waals surface area contributed by atoms with Gasteiger partial charge in [0, 0.05) is 51.9 Å². The van der Waals surface area contributed by atoms with E-state index in [4.69, 9.17) is 0 Å². The Hall–Kier alpha value is -1.87. The lowest BCUT2D eigenvalue weighted by Crippen LogP contribution is -2.48. The average molecular weight is 459 g/mol. The molecule has 1 aliphatic heterocycles. The Labute approximate surface area is 170 Å². The molecule has 3 rings (SSSR count). The van der Waals surface area contributed by atoms with Gasteiger partial charge in [-0.2, -0.15) is 18.3 Å². The Morgan fingerprint density at radius 1 is 1.21 bits per heavy atom. The highest BCUT2D eigenvalue weighted by molar-refractivity contribution is 9.10. The first-order chi connectivity index (χ1) is 13.2. The summed E-state index contributed by atoms with van der Waals surface area (Å²) in [5, 5.41) is 4.32. The topological polar surface area (TPSA) is 41.4 Å². The molecule has 1 amide bonds. The van der Waals surface area contributed by atoms with Crippen molar-refractivity contribution in [2.45, 2.75) is 32.6 Å². The van der Waals surface area contributed by atoms with Crippen LogP contribution in [-0.2, 0) is 24.1 Å². The van der Waals surface area contributed by atoms with E-state index in [-0.39, 0.29) is 5.91 Å². The molecule has 1 aromatic carbocycles. The number of aromatic nitrogens is 2. The Bertz CT molecular complexity index is 809. The summed E-state index contributed by atoms with van der Waals surface area (Å²) >= 11 is 3.40. The van der Waals surface area contributed by atoms with Crippen molar-refractivity contribution >= 4 is 21.8 Å². The first kappa shape index (κ1) is 20.9. The van der Waals surface area contributed by atoms with E-state index in [1.807, 2.05) is 18.0 Å². The number of nitrogens with zero attached hydrogens (tertiary/aromatic N) is 4. The summed E-state index contributed by atoms with van der Waals surface area (Å²) in [4.78, 5) is 16.3. The van der Waals surface area contributed by atoms with E-state index < -0.39 is 11.7 Å². The summed E-state index contributed by atoms with van der Waals surface area (Å²) in [6.45, 7) is 5.33. The number of rotatable bonds is 5.